The molecule has 0 bridgehead atoms. The first-order valence-electron chi connectivity index (χ1n) is 7.13. The van der Waals surface area contributed by atoms with Gasteiger partial charge in [-0.15, -0.1) is 0 Å². The van der Waals surface area contributed by atoms with E-state index in [1.54, 1.807) is 25.1 Å². The standard InChI is InChI=1S/C15H22N2O3/c1-2-20-15(19)14(12-6-3-4-7-13(12)18)17-10-5-8-16-9-11-17/h3-4,6-7,14,16,18H,2,5,8-11H2,1H3. The van der Waals surface area contributed by atoms with Crippen molar-refractivity contribution in [2.45, 2.75) is 19.4 Å². The van der Waals surface area contributed by atoms with Crippen molar-refractivity contribution in [1.29, 1.82) is 0 Å². The molecule has 0 radical (unpaired) electrons. The smallest absolute Gasteiger partial charge is 0.328 e. The maximum atomic E-state index is 12.3. The Hall–Kier alpha value is -1.59. The fraction of sp³-hybridized carbons (Fsp3) is 0.533. The van der Waals surface area contributed by atoms with E-state index in [0.717, 1.165) is 32.6 Å². The lowest BCUT2D eigenvalue weighted by Gasteiger charge is -2.29. The Morgan fingerprint density at radius 2 is 2.20 bits per heavy atom. The Morgan fingerprint density at radius 1 is 1.40 bits per heavy atom. The molecule has 1 aliphatic heterocycles. The summed E-state index contributed by atoms with van der Waals surface area (Å²) in [6.07, 6.45) is 0.976. The second kappa shape index (κ2) is 7.26. The van der Waals surface area contributed by atoms with E-state index in [0.29, 0.717) is 12.2 Å². The van der Waals surface area contributed by atoms with Gasteiger partial charge in [0.15, 0.2) is 0 Å². The minimum Gasteiger partial charge on any atom is -0.508 e. The molecule has 1 aromatic carbocycles. The fourth-order valence-corrected chi connectivity index (χ4v) is 2.54. The molecule has 1 aromatic rings. The van der Waals surface area contributed by atoms with Crippen molar-refractivity contribution < 1.29 is 14.6 Å². The maximum absolute atomic E-state index is 12.3. The highest BCUT2D eigenvalue weighted by Crippen LogP contribution is 2.30. The first kappa shape index (κ1) is 14.8. The summed E-state index contributed by atoms with van der Waals surface area (Å²) in [5.41, 5.74) is 0.618. The van der Waals surface area contributed by atoms with Crippen LogP contribution in [0.4, 0.5) is 0 Å². The topological polar surface area (TPSA) is 61.8 Å². The predicted octanol–water partition coefficient (Wildman–Crippen LogP) is 1.29. The second-order valence-electron chi connectivity index (χ2n) is 4.85. The lowest BCUT2D eigenvalue weighted by molar-refractivity contribution is -0.150. The number of phenolic OH excluding ortho intramolecular Hbond substituents is 1. The number of benzene rings is 1. The van der Waals surface area contributed by atoms with Crippen LogP contribution in [0.15, 0.2) is 24.3 Å². The summed E-state index contributed by atoms with van der Waals surface area (Å²) in [5.74, 6) is -0.154. The number of phenols is 1. The van der Waals surface area contributed by atoms with Crippen LogP contribution in [0.5, 0.6) is 5.75 Å². The highest BCUT2D eigenvalue weighted by atomic mass is 16.5. The Bertz CT molecular complexity index is 442. The third kappa shape index (κ3) is 3.49. The van der Waals surface area contributed by atoms with E-state index < -0.39 is 6.04 Å². The van der Waals surface area contributed by atoms with Gasteiger partial charge in [0.05, 0.1) is 6.61 Å². The van der Waals surface area contributed by atoms with Gasteiger partial charge in [-0.2, -0.15) is 0 Å². The second-order valence-corrected chi connectivity index (χ2v) is 4.85. The summed E-state index contributed by atoms with van der Waals surface area (Å²) >= 11 is 0. The molecule has 5 heteroatoms. The zero-order valence-electron chi connectivity index (χ0n) is 11.8. The predicted molar refractivity (Wildman–Crippen MR) is 76.5 cm³/mol. The monoisotopic (exact) mass is 278 g/mol. The van der Waals surface area contributed by atoms with Gasteiger partial charge in [0.25, 0.3) is 0 Å². The van der Waals surface area contributed by atoms with Crippen LogP contribution in [0, 0.1) is 0 Å². The van der Waals surface area contributed by atoms with Crippen molar-refractivity contribution in [3.8, 4) is 5.75 Å². The van der Waals surface area contributed by atoms with Crippen LogP contribution in [-0.4, -0.2) is 48.8 Å². The number of rotatable bonds is 4. The number of para-hydroxylation sites is 1. The van der Waals surface area contributed by atoms with E-state index in [1.807, 2.05) is 6.07 Å². The average molecular weight is 278 g/mol. The number of ether oxygens (including phenoxy) is 1. The lowest BCUT2D eigenvalue weighted by atomic mass is 10.0. The first-order valence-corrected chi connectivity index (χ1v) is 7.13. The van der Waals surface area contributed by atoms with Crippen LogP contribution in [0.25, 0.3) is 0 Å². The molecule has 20 heavy (non-hydrogen) atoms. The summed E-state index contributed by atoms with van der Waals surface area (Å²) in [4.78, 5) is 14.4. The molecule has 2 rings (SSSR count). The SMILES string of the molecule is CCOC(=O)C(c1ccccc1O)N1CCCNCC1. The van der Waals surface area contributed by atoms with Crippen molar-refractivity contribution in [1.82, 2.24) is 10.2 Å². The normalized spacial score (nSPS) is 18.2. The average Bonchev–Trinajstić information content (AvgIpc) is 2.71. The minimum atomic E-state index is -0.531. The summed E-state index contributed by atoms with van der Waals surface area (Å²) < 4.78 is 5.20. The molecular formula is C15H22N2O3. The molecule has 110 valence electrons. The molecule has 1 aliphatic rings. The van der Waals surface area contributed by atoms with Crippen LogP contribution < -0.4 is 5.32 Å². The van der Waals surface area contributed by atoms with Crippen LogP contribution >= 0.6 is 0 Å². The van der Waals surface area contributed by atoms with Crippen molar-refractivity contribution in [2.75, 3.05) is 32.8 Å². The molecule has 0 amide bonds. The molecule has 1 unspecified atom stereocenters. The Kier molecular flexibility index (Phi) is 5.38. The van der Waals surface area contributed by atoms with Gasteiger partial charge in [0.2, 0.25) is 0 Å². The number of hydrogen-bond acceptors (Lipinski definition) is 5. The van der Waals surface area contributed by atoms with Gasteiger partial charge in [-0.05, 0) is 26.0 Å². The van der Waals surface area contributed by atoms with Crippen LogP contribution in [0.2, 0.25) is 0 Å². The third-order valence-corrected chi connectivity index (χ3v) is 3.48. The Labute approximate surface area is 119 Å². The highest BCUT2D eigenvalue weighted by molar-refractivity contribution is 5.78. The van der Waals surface area contributed by atoms with Crippen LogP contribution in [0.1, 0.15) is 24.9 Å². The molecule has 0 spiro atoms. The van der Waals surface area contributed by atoms with Crippen LogP contribution in [0.3, 0.4) is 0 Å². The van der Waals surface area contributed by atoms with Crippen LogP contribution in [-0.2, 0) is 9.53 Å². The molecule has 0 aromatic heterocycles. The Morgan fingerprint density at radius 3 is 2.95 bits per heavy atom. The maximum Gasteiger partial charge on any atom is 0.328 e. The first-order chi connectivity index (χ1) is 9.74. The number of nitrogens with zero attached hydrogens (tertiary/aromatic N) is 1. The molecule has 5 nitrogen and oxygen atoms in total. The molecule has 0 saturated carbocycles. The van der Waals surface area contributed by atoms with Gasteiger partial charge >= 0.3 is 5.97 Å². The number of carbonyl (C=O) groups is 1. The number of carbonyl (C=O) groups excluding carboxylic acids is 1. The summed E-state index contributed by atoms with van der Waals surface area (Å²) in [7, 11) is 0. The van der Waals surface area contributed by atoms with Gasteiger partial charge in [-0.25, -0.2) is 4.79 Å². The van der Waals surface area contributed by atoms with Crippen molar-refractivity contribution in [2.24, 2.45) is 0 Å². The Balaban J connectivity index is 2.28. The van der Waals surface area contributed by atoms with E-state index >= 15 is 0 Å². The molecule has 1 saturated heterocycles. The fourth-order valence-electron chi connectivity index (χ4n) is 2.54. The van der Waals surface area contributed by atoms with Crippen molar-refractivity contribution in [3.63, 3.8) is 0 Å². The number of esters is 1. The molecule has 1 fully saturated rings. The largest absolute Gasteiger partial charge is 0.508 e. The van der Waals surface area contributed by atoms with E-state index in [1.165, 1.54) is 0 Å². The summed E-state index contributed by atoms with van der Waals surface area (Å²) in [6.45, 7) is 5.50. The molecule has 2 N–H and O–H groups in total. The molecule has 0 aliphatic carbocycles. The zero-order valence-corrected chi connectivity index (χ0v) is 11.8. The van der Waals surface area contributed by atoms with Crippen molar-refractivity contribution >= 4 is 5.97 Å². The van der Waals surface area contributed by atoms with Gasteiger partial charge in [-0.1, -0.05) is 18.2 Å². The van der Waals surface area contributed by atoms with Gasteiger partial charge < -0.3 is 15.2 Å². The minimum absolute atomic E-state index is 0.141. The van der Waals surface area contributed by atoms with Gasteiger partial charge in [0.1, 0.15) is 11.8 Å². The van der Waals surface area contributed by atoms with Gasteiger partial charge in [0, 0.05) is 25.2 Å². The lowest BCUT2D eigenvalue weighted by Crippen LogP contribution is -2.37. The van der Waals surface area contributed by atoms with E-state index in [9.17, 15) is 9.90 Å². The zero-order chi connectivity index (χ0) is 14.4. The number of hydrogen-bond donors (Lipinski definition) is 2. The summed E-state index contributed by atoms with van der Waals surface area (Å²) in [5, 5.41) is 13.4. The van der Waals surface area contributed by atoms with Gasteiger partial charge in [-0.3, -0.25) is 4.90 Å². The van der Waals surface area contributed by atoms with Crippen molar-refractivity contribution in [3.05, 3.63) is 29.8 Å². The quantitative estimate of drug-likeness (QED) is 0.813. The molecular weight excluding hydrogens is 256 g/mol. The van der Waals surface area contributed by atoms with E-state index in [2.05, 4.69) is 10.2 Å². The number of aromatic hydroxyl groups is 1. The number of nitrogens with one attached hydrogen (secondary N) is 1. The highest BCUT2D eigenvalue weighted by Gasteiger charge is 2.31. The third-order valence-electron chi connectivity index (χ3n) is 3.48. The molecule has 1 heterocycles. The van der Waals surface area contributed by atoms with E-state index in [4.69, 9.17) is 4.74 Å². The molecule has 1 atom stereocenters. The summed E-state index contributed by atoms with van der Waals surface area (Å²) in [6, 6.07) is 6.45. The van der Waals surface area contributed by atoms with E-state index in [-0.39, 0.29) is 11.7 Å².